The minimum Gasteiger partial charge on any atom is -0.459 e. The molecule has 0 saturated carbocycles. The molecule has 0 aromatic rings. The number of rotatable bonds is 4. The Morgan fingerprint density at radius 2 is 2.19 bits per heavy atom. The quantitative estimate of drug-likeness (QED) is 0.773. The summed E-state index contributed by atoms with van der Waals surface area (Å²) in [5, 5.41) is 3.76. The highest BCUT2D eigenvalue weighted by molar-refractivity contribution is 8.00. The first-order valence-electron chi connectivity index (χ1n) is 6.03. The van der Waals surface area contributed by atoms with Gasteiger partial charge >= 0.3 is 5.97 Å². The molecule has 1 N–H and O–H groups in total. The number of ether oxygens (including phenoxy) is 1. The molecule has 1 heterocycles. The Balaban J connectivity index is 2.32. The van der Waals surface area contributed by atoms with Crippen LogP contribution in [0.15, 0.2) is 0 Å². The van der Waals surface area contributed by atoms with E-state index in [9.17, 15) is 4.79 Å². The van der Waals surface area contributed by atoms with Crippen LogP contribution in [0.2, 0.25) is 0 Å². The lowest BCUT2D eigenvalue weighted by molar-refractivity contribution is -0.156. The zero-order valence-electron chi connectivity index (χ0n) is 10.7. The Morgan fingerprint density at radius 1 is 1.50 bits per heavy atom. The SMILES string of the molecule is CCCCC1N[C@H](C(=O)OC(C)(C)C)CS1. The molecule has 0 amide bonds. The molecule has 1 fully saturated rings. The molecule has 1 unspecified atom stereocenters. The molecule has 0 aromatic carbocycles. The molecule has 1 rings (SSSR count). The second-order valence-corrected chi connectivity index (χ2v) is 6.45. The third kappa shape index (κ3) is 4.74. The van der Waals surface area contributed by atoms with E-state index in [1.807, 2.05) is 32.5 Å². The van der Waals surface area contributed by atoms with Crippen LogP contribution in [-0.4, -0.2) is 28.7 Å². The van der Waals surface area contributed by atoms with E-state index in [1.54, 1.807) is 0 Å². The van der Waals surface area contributed by atoms with Crippen molar-refractivity contribution >= 4 is 17.7 Å². The van der Waals surface area contributed by atoms with Gasteiger partial charge in [-0.2, -0.15) is 0 Å². The number of esters is 1. The van der Waals surface area contributed by atoms with Gasteiger partial charge in [-0.15, -0.1) is 11.8 Å². The number of carbonyl (C=O) groups is 1. The van der Waals surface area contributed by atoms with Gasteiger partial charge in [-0.25, -0.2) is 0 Å². The summed E-state index contributed by atoms with van der Waals surface area (Å²) in [5.41, 5.74) is -0.384. The van der Waals surface area contributed by atoms with E-state index in [0.29, 0.717) is 5.37 Å². The molecule has 0 aliphatic carbocycles. The number of hydrogen-bond acceptors (Lipinski definition) is 4. The van der Waals surface area contributed by atoms with Crippen molar-refractivity contribution in [2.24, 2.45) is 0 Å². The van der Waals surface area contributed by atoms with E-state index < -0.39 is 0 Å². The Morgan fingerprint density at radius 3 is 2.75 bits per heavy atom. The highest BCUT2D eigenvalue weighted by atomic mass is 32.2. The highest BCUT2D eigenvalue weighted by Crippen LogP contribution is 2.24. The summed E-state index contributed by atoms with van der Waals surface area (Å²) in [6, 6.07) is -0.119. The van der Waals surface area contributed by atoms with Crippen LogP contribution in [0, 0.1) is 0 Å². The summed E-state index contributed by atoms with van der Waals surface area (Å²) in [5.74, 6) is 0.725. The van der Waals surface area contributed by atoms with Crippen LogP contribution in [0.4, 0.5) is 0 Å². The van der Waals surface area contributed by atoms with Crippen LogP contribution in [0.5, 0.6) is 0 Å². The molecule has 0 aromatic heterocycles. The Labute approximate surface area is 103 Å². The number of unbranched alkanes of at least 4 members (excludes halogenated alkanes) is 1. The van der Waals surface area contributed by atoms with Crippen molar-refractivity contribution < 1.29 is 9.53 Å². The first-order chi connectivity index (χ1) is 7.42. The second kappa shape index (κ2) is 5.92. The molecule has 1 saturated heterocycles. The van der Waals surface area contributed by atoms with Crippen molar-refractivity contribution in [3.8, 4) is 0 Å². The van der Waals surface area contributed by atoms with E-state index >= 15 is 0 Å². The van der Waals surface area contributed by atoms with E-state index in [4.69, 9.17) is 4.74 Å². The molecule has 4 heteroatoms. The number of carbonyl (C=O) groups excluding carboxylic acids is 1. The van der Waals surface area contributed by atoms with Gasteiger partial charge in [0.15, 0.2) is 0 Å². The lowest BCUT2D eigenvalue weighted by Gasteiger charge is -2.22. The molecule has 0 bridgehead atoms. The molecule has 1 aliphatic rings. The van der Waals surface area contributed by atoms with Crippen molar-refractivity contribution in [2.75, 3.05) is 5.75 Å². The van der Waals surface area contributed by atoms with Gasteiger partial charge in [-0.05, 0) is 27.2 Å². The third-order valence-corrected chi connectivity index (χ3v) is 3.66. The maximum absolute atomic E-state index is 11.8. The molecule has 16 heavy (non-hydrogen) atoms. The highest BCUT2D eigenvalue weighted by Gasteiger charge is 2.32. The predicted molar refractivity (Wildman–Crippen MR) is 68.5 cm³/mol. The van der Waals surface area contributed by atoms with Crippen LogP contribution in [-0.2, 0) is 9.53 Å². The van der Waals surface area contributed by atoms with Crippen LogP contribution >= 0.6 is 11.8 Å². The largest absolute Gasteiger partial charge is 0.459 e. The van der Waals surface area contributed by atoms with Gasteiger partial charge in [0.1, 0.15) is 11.6 Å². The smallest absolute Gasteiger partial charge is 0.324 e. The summed E-state index contributed by atoms with van der Waals surface area (Å²) in [4.78, 5) is 11.8. The van der Waals surface area contributed by atoms with Crippen LogP contribution in [0.25, 0.3) is 0 Å². The van der Waals surface area contributed by atoms with E-state index in [2.05, 4.69) is 12.2 Å². The predicted octanol–water partition coefficient (Wildman–Crippen LogP) is 2.55. The molecule has 0 spiro atoms. The Kier molecular flexibility index (Phi) is 5.12. The maximum Gasteiger partial charge on any atom is 0.324 e. The molecule has 1 aliphatic heterocycles. The van der Waals surface area contributed by atoms with Gasteiger partial charge in [0, 0.05) is 5.75 Å². The van der Waals surface area contributed by atoms with Crippen LogP contribution in [0.3, 0.4) is 0 Å². The Hall–Kier alpha value is -0.220. The summed E-state index contributed by atoms with van der Waals surface area (Å²) in [6.07, 6.45) is 3.56. The standard InChI is InChI=1S/C12H23NO2S/c1-5-6-7-10-13-9(8-16-10)11(14)15-12(2,3)4/h9-10,13H,5-8H2,1-4H3/t9-,10?/m0/s1. The normalized spacial score (nSPS) is 25.8. The molecular weight excluding hydrogens is 222 g/mol. The average molecular weight is 245 g/mol. The van der Waals surface area contributed by atoms with E-state index in [-0.39, 0.29) is 17.6 Å². The molecule has 3 nitrogen and oxygen atoms in total. The lowest BCUT2D eigenvalue weighted by atomic mass is 10.2. The summed E-state index contributed by atoms with van der Waals surface area (Å²) in [7, 11) is 0. The van der Waals surface area contributed by atoms with Gasteiger partial charge in [-0.1, -0.05) is 19.8 Å². The van der Waals surface area contributed by atoms with Crippen molar-refractivity contribution in [3.63, 3.8) is 0 Å². The number of hydrogen-bond donors (Lipinski definition) is 1. The first-order valence-corrected chi connectivity index (χ1v) is 7.08. The summed E-state index contributed by atoms with van der Waals surface area (Å²) < 4.78 is 5.36. The minimum atomic E-state index is -0.384. The van der Waals surface area contributed by atoms with Crippen LogP contribution in [0.1, 0.15) is 47.0 Å². The van der Waals surface area contributed by atoms with Gasteiger partial charge in [-0.3, -0.25) is 10.1 Å². The van der Waals surface area contributed by atoms with Gasteiger partial charge in [0.2, 0.25) is 0 Å². The molecular formula is C12H23NO2S. The molecule has 2 atom stereocenters. The molecule has 0 radical (unpaired) electrons. The van der Waals surface area contributed by atoms with E-state index in [0.717, 1.165) is 12.2 Å². The first kappa shape index (κ1) is 13.8. The molecule has 94 valence electrons. The van der Waals surface area contributed by atoms with Crippen LogP contribution < -0.4 is 5.32 Å². The van der Waals surface area contributed by atoms with Crippen molar-refractivity contribution in [2.45, 2.75) is 64.0 Å². The second-order valence-electron chi connectivity index (χ2n) is 5.22. The van der Waals surface area contributed by atoms with Crippen molar-refractivity contribution in [3.05, 3.63) is 0 Å². The van der Waals surface area contributed by atoms with Crippen molar-refractivity contribution in [1.29, 1.82) is 0 Å². The topological polar surface area (TPSA) is 38.3 Å². The fraction of sp³-hybridized carbons (Fsp3) is 0.917. The maximum atomic E-state index is 11.8. The zero-order chi connectivity index (χ0) is 12.2. The van der Waals surface area contributed by atoms with Gasteiger partial charge < -0.3 is 4.74 Å². The van der Waals surface area contributed by atoms with Crippen molar-refractivity contribution in [1.82, 2.24) is 5.32 Å². The number of nitrogens with one attached hydrogen (secondary N) is 1. The lowest BCUT2D eigenvalue weighted by Crippen LogP contribution is -2.41. The van der Waals surface area contributed by atoms with Gasteiger partial charge in [0.25, 0.3) is 0 Å². The minimum absolute atomic E-state index is 0.112. The number of thioether (sulfide) groups is 1. The van der Waals surface area contributed by atoms with Gasteiger partial charge in [0.05, 0.1) is 5.37 Å². The Bertz CT molecular complexity index is 238. The fourth-order valence-corrected chi connectivity index (χ4v) is 2.85. The summed E-state index contributed by atoms with van der Waals surface area (Å²) in [6.45, 7) is 7.90. The fourth-order valence-electron chi connectivity index (χ4n) is 1.60. The zero-order valence-corrected chi connectivity index (χ0v) is 11.5. The average Bonchev–Trinajstić information content (AvgIpc) is 2.60. The monoisotopic (exact) mass is 245 g/mol. The summed E-state index contributed by atoms with van der Waals surface area (Å²) >= 11 is 1.83. The van der Waals surface area contributed by atoms with E-state index in [1.165, 1.54) is 12.8 Å². The third-order valence-electron chi connectivity index (χ3n) is 2.36.